The minimum Gasteiger partial charge on any atom is -0.367 e. The quantitative estimate of drug-likeness (QED) is 0.854. The predicted molar refractivity (Wildman–Crippen MR) is 85.6 cm³/mol. The van der Waals surface area contributed by atoms with Crippen molar-refractivity contribution in [3.8, 4) is 0 Å². The fourth-order valence-corrected chi connectivity index (χ4v) is 4.41. The first-order valence-corrected chi connectivity index (χ1v) is 8.49. The van der Waals surface area contributed by atoms with Gasteiger partial charge in [0.25, 0.3) is 0 Å². The van der Waals surface area contributed by atoms with Crippen LogP contribution in [0.5, 0.6) is 0 Å². The summed E-state index contributed by atoms with van der Waals surface area (Å²) in [7, 11) is -3.96. The van der Waals surface area contributed by atoms with Crippen LogP contribution in [0, 0.1) is 0 Å². The summed E-state index contributed by atoms with van der Waals surface area (Å²) in [6, 6.07) is 13.5. The van der Waals surface area contributed by atoms with Gasteiger partial charge in [-0.15, -0.1) is 0 Å². The molecule has 1 amide bonds. The van der Waals surface area contributed by atoms with Gasteiger partial charge in [0, 0.05) is 12.7 Å². The van der Waals surface area contributed by atoms with E-state index in [0.717, 1.165) is 4.31 Å². The second-order valence-corrected chi connectivity index (χ2v) is 6.80. The Morgan fingerprint density at radius 3 is 2.48 bits per heavy atom. The van der Waals surface area contributed by atoms with Crippen LogP contribution >= 0.6 is 0 Å². The van der Waals surface area contributed by atoms with Crippen LogP contribution in [-0.2, 0) is 20.5 Å². The van der Waals surface area contributed by atoms with Gasteiger partial charge < -0.3 is 5.73 Å². The summed E-state index contributed by atoms with van der Waals surface area (Å²) in [5.41, 5.74) is 4.69. The number of nitrogens with zero attached hydrogens (tertiary/aromatic N) is 2. The maximum absolute atomic E-state index is 12.6. The van der Waals surface area contributed by atoms with Crippen molar-refractivity contribution >= 4 is 21.9 Å². The van der Waals surface area contributed by atoms with Gasteiger partial charge in [-0.25, -0.2) is 9.29 Å². The molecule has 0 bridgehead atoms. The summed E-state index contributed by atoms with van der Waals surface area (Å²) in [6.45, 7) is 0.115. The van der Waals surface area contributed by atoms with Gasteiger partial charge in [-0.1, -0.05) is 36.4 Å². The molecule has 1 unspecified atom stereocenters. The first-order chi connectivity index (χ1) is 11.0. The SMILES string of the molecule is NC(=O)C1(c2ccccc2)CCNS(=O)(=O)N1c1ccccn1. The predicted octanol–water partition coefficient (Wildman–Crippen LogP) is 0.507. The van der Waals surface area contributed by atoms with E-state index in [2.05, 4.69) is 9.71 Å². The summed E-state index contributed by atoms with van der Waals surface area (Å²) in [6.07, 6.45) is 1.68. The topological polar surface area (TPSA) is 105 Å². The molecule has 1 atom stereocenters. The lowest BCUT2D eigenvalue weighted by Crippen LogP contribution is -2.64. The first-order valence-electron chi connectivity index (χ1n) is 7.05. The Morgan fingerprint density at radius 1 is 1.17 bits per heavy atom. The molecular weight excluding hydrogens is 316 g/mol. The minimum absolute atomic E-state index is 0.115. The Kier molecular flexibility index (Phi) is 3.78. The highest BCUT2D eigenvalue weighted by Crippen LogP contribution is 2.39. The molecule has 0 radical (unpaired) electrons. The molecule has 23 heavy (non-hydrogen) atoms. The van der Waals surface area contributed by atoms with E-state index in [1.807, 2.05) is 0 Å². The number of primary amides is 1. The van der Waals surface area contributed by atoms with E-state index in [1.165, 1.54) is 12.3 Å². The van der Waals surface area contributed by atoms with E-state index < -0.39 is 21.7 Å². The van der Waals surface area contributed by atoms with E-state index in [4.69, 9.17) is 5.73 Å². The average Bonchev–Trinajstić information content (AvgIpc) is 2.55. The highest BCUT2D eigenvalue weighted by atomic mass is 32.2. The van der Waals surface area contributed by atoms with Crippen molar-refractivity contribution in [1.82, 2.24) is 9.71 Å². The number of carbonyl (C=O) groups excluding carboxylic acids is 1. The van der Waals surface area contributed by atoms with Crippen molar-refractivity contribution in [3.05, 3.63) is 60.3 Å². The van der Waals surface area contributed by atoms with E-state index >= 15 is 0 Å². The molecule has 0 spiro atoms. The van der Waals surface area contributed by atoms with Crippen molar-refractivity contribution < 1.29 is 13.2 Å². The van der Waals surface area contributed by atoms with Gasteiger partial charge in [-0.3, -0.25) is 4.79 Å². The zero-order valence-electron chi connectivity index (χ0n) is 12.2. The largest absolute Gasteiger partial charge is 0.367 e. The molecular formula is C15H16N4O3S. The van der Waals surface area contributed by atoms with Crippen LogP contribution in [0.2, 0.25) is 0 Å². The number of hydrogen-bond acceptors (Lipinski definition) is 4. The van der Waals surface area contributed by atoms with Crippen LogP contribution < -0.4 is 14.8 Å². The first kappa shape index (κ1) is 15.4. The Hall–Kier alpha value is -2.45. The molecule has 1 fully saturated rings. The molecule has 1 aromatic carbocycles. The van der Waals surface area contributed by atoms with Crippen LogP contribution in [0.3, 0.4) is 0 Å². The standard InChI is InChI=1S/C15H16N4O3S/c16-14(20)15(12-6-2-1-3-7-12)9-11-18-23(21,22)19(15)13-8-4-5-10-17-13/h1-8,10,18H,9,11H2,(H2,16,20). The van der Waals surface area contributed by atoms with E-state index in [0.29, 0.717) is 5.56 Å². The third kappa shape index (κ3) is 2.45. The fourth-order valence-electron chi connectivity index (χ4n) is 2.87. The van der Waals surface area contributed by atoms with Crippen molar-refractivity contribution in [3.63, 3.8) is 0 Å². The van der Waals surface area contributed by atoms with E-state index in [1.54, 1.807) is 42.5 Å². The van der Waals surface area contributed by atoms with Crippen LogP contribution in [0.4, 0.5) is 5.82 Å². The number of amides is 1. The summed E-state index contributed by atoms with van der Waals surface area (Å²) in [4.78, 5) is 16.5. The molecule has 1 aromatic heterocycles. The maximum Gasteiger partial charge on any atom is 0.304 e. The number of pyridine rings is 1. The van der Waals surface area contributed by atoms with Crippen molar-refractivity contribution in [2.24, 2.45) is 5.73 Å². The highest BCUT2D eigenvalue weighted by Gasteiger charge is 2.53. The van der Waals surface area contributed by atoms with E-state index in [-0.39, 0.29) is 18.8 Å². The van der Waals surface area contributed by atoms with Crippen molar-refractivity contribution in [1.29, 1.82) is 0 Å². The molecule has 2 heterocycles. The number of aromatic nitrogens is 1. The summed E-state index contributed by atoms with van der Waals surface area (Å²) < 4.78 is 28.7. The lowest BCUT2D eigenvalue weighted by molar-refractivity contribution is -0.123. The summed E-state index contributed by atoms with van der Waals surface area (Å²) in [5.74, 6) is -0.596. The molecule has 1 aliphatic rings. The van der Waals surface area contributed by atoms with Gasteiger partial charge in [0.05, 0.1) is 0 Å². The van der Waals surface area contributed by atoms with Gasteiger partial charge in [0.2, 0.25) is 5.91 Å². The lowest BCUT2D eigenvalue weighted by atomic mass is 9.85. The third-order valence-corrected chi connectivity index (χ3v) is 5.42. The average molecular weight is 332 g/mol. The van der Waals surface area contributed by atoms with Crippen molar-refractivity contribution in [2.75, 3.05) is 10.8 Å². The minimum atomic E-state index is -3.96. The number of rotatable bonds is 3. The van der Waals surface area contributed by atoms with Gasteiger partial charge in [0.15, 0.2) is 5.54 Å². The normalized spacial score (nSPS) is 23.4. The summed E-state index contributed by atoms with van der Waals surface area (Å²) >= 11 is 0. The number of anilines is 1. The highest BCUT2D eigenvalue weighted by molar-refractivity contribution is 7.91. The Balaban J connectivity index is 2.30. The smallest absolute Gasteiger partial charge is 0.304 e. The summed E-state index contributed by atoms with van der Waals surface area (Å²) in [5, 5.41) is 0. The number of nitrogens with two attached hydrogens (primary N) is 1. The van der Waals surface area contributed by atoms with Gasteiger partial charge in [-0.05, 0) is 24.1 Å². The number of benzene rings is 1. The molecule has 2 aromatic rings. The third-order valence-electron chi connectivity index (χ3n) is 3.87. The van der Waals surface area contributed by atoms with Crippen molar-refractivity contribution in [2.45, 2.75) is 12.0 Å². The van der Waals surface area contributed by atoms with Crippen LogP contribution in [-0.4, -0.2) is 25.9 Å². The van der Waals surface area contributed by atoms with E-state index in [9.17, 15) is 13.2 Å². The maximum atomic E-state index is 12.6. The molecule has 3 rings (SSSR count). The van der Waals surface area contributed by atoms with Crippen LogP contribution in [0.25, 0.3) is 0 Å². The van der Waals surface area contributed by atoms with Gasteiger partial charge in [-0.2, -0.15) is 13.1 Å². The number of nitrogens with one attached hydrogen (secondary N) is 1. The molecule has 7 nitrogen and oxygen atoms in total. The molecule has 1 aliphatic heterocycles. The second kappa shape index (κ2) is 5.64. The molecule has 8 heteroatoms. The number of carbonyl (C=O) groups is 1. The molecule has 0 saturated carbocycles. The van der Waals surface area contributed by atoms with Gasteiger partial charge in [0.1, 0.15) is 5.82 Å². The molecule has 1 saturated heterocycles. The fraction of sp³-hybridized carbons (Fsp3) is 0.200. The van der Waals surface area contributed by atoms with Crippen LogP contribution in [0.15, 0.2) is 54.7 Å². The Labute approximate surface area is 134 Å². The number of hydrogen-bond donors (Lipinski definition) is 2. The molecule has 0 aliphatic carbocycles. The Morgan fingerprint density at radius 2 is 1.87 bits per heavy atom. The zero-order valence-corrected chi connectivity index (χ0v) is 13.0. The van der Waals surface area contributed by atoms with Gasteiger partial charge >= 0.3 is 10.2 Å². The monoisotopic (exact) mass is 332 g/mol. The molecule has 3 N–H and O–H groups in total. The lowest BCUT2D eigenvalue weighted by Gasteiger charge is -2.44. The second-order valence-electron chi connectivity index (χ2n) is 5.19. The zero-order chi connectivity index (χ0) is 16.5. The Bertz CT molecular complexity index is 811. The van der Waals surface area contributed by atoms with Crippen LogP contribution in [0.1, 0.15) is 12.0 Å². The molecule has 120 valence electrons.